The molecule has 4 nitrogen and oxygen atoms in total. The molecule has 3 rings (SSSR count). The van der Waals surface area contributed by atoms with E-state index in [-0.39, 0.29) is 18.4 Å². The van der Waals surface area contributed by atoms with Gasteiger partial charge in [0.05, 0.1) is 19.1 Å². The number of aliphatic hydroxyl groups is 1. The molecule has 0 amide bonds. The van der Waals surface area contributed by atoms with Crippen molar-refractivity contribution in [2.24, 2.45) is 0 Å². The Kier molecular flexibility index (Phi) is 4.97. The summed E-state index contributed by atoms with van der Waals surface area (Å²) < 4.78 is 4.96. The van der Waals surface area contributed by atoms with Crippen LogP contribution in [0.4, 0.5) is 0 Å². The number of hydrogen-bond donors (Lipinski definition) is 1. The number of carbonyl (C=O) groups excluding carboxylic acids is 1. The zero-order valence-corrected chi connectivity index (χ0v) is 13.9. The summed E-state index contributed by atoms with van der Waals surface area (Å²) >= 11 is 0. The average Bonchev–Trinajstić information content (AvgIpc) is 2.56. The van der Waals surface area contributed by atoms with Gasteiger partial charge in [-0.2, -0.15) is 0 Å². The predicted octanol–water partition coefficient (Wildman–Crippen LogP) is 2.78. The summed E-state index contributed by atoms with van der Waals surface area (Å²) in [5.74, 6) is -0.337. The van der Waals surface area contributed by atoms with Crippen LogP contribution >= 0.6 is 0 Å². The molecule has 1 aliphatic rings. The van der Waals surface area contributed by atoms with Crippen LogP contribution < -0.4 is 0 Å². The van der Waals surface area contributed by atoms with Gasteiger partial charge in [0.25, 0.3) is 0 Å². The van der Waals surface area contributed by atoms with Crippen LogP contribution in [-0.2, 0) is 9.53 Å². The maximum absolute atomic E-state index is 11.7. The van der Waals surface area contributed by atoms with E-state index in [1.165, 1.54) is 11.1 Å². The number of esters is 1. The van der Waals surface area contributed by atoms with E-state index in [2.05, 4.69) is 29.2 Å². The zero-order chi connectivity index (χ0) is 17.0. The maximum atomic E-state index is 11.7. The molecule has 0 aromatic heterocycles. The molecule has 1 fully saturated rings. The molecule has 126 valence electrons. The van der Waals surface area contributed by atoms with Crippen LogP contribution in [0.5, 0.6) is 0 Å². The normalized spacial score (nSPS) is 16.6. The fraction of sp³-hybridized carbons (Fsp3) is 0.350. The molecule has 0 radical (unpaired) electrons. The van der Waals surface area contributed by atoms with Crippen molar-refractivity contribution >= 4 is 5.97 Å². The summed E-state index contributed by atoms with van der Waals surface area (Å²) in [5, 5.41) is 10.6. The largest absolute Gasteiger partial charge is 0.466 e. The molecule has 1 N–H and O–H groups in total. The molecule has 2 aromatic carbocycles. The Bertz CT molecular complexity index is 626. The molecule has 24 heavy (non-hydrogen) atoms. The summed E-state index contributed by atoms with van der Waals surface area (Å²) in [7, 11) is 0. The molecule has 0 unspecified atom stereocenters. The van der Waals surface area contributed by atoms with Crippen molar-refractivity contribution in [1.29, 1.82) is 0 Å². The van der Waals surface area contributed by atoms with Gasteiger partial charge in [-0.15, -0.1) is 0 Å². The first-order chi connectivity index (χ1) is 11.6. The Morgan fingerprint density at radius 3 is 2.04 bits per heavy atom. The average molecular weight is 325 g/mol. The molecule has 1 aliphatic heterocycles. The van der Waals surface area contributed by atoms with Gasteiger partial charge < -0.3 is 9.84 Å². The van der Waals surface area contributed by atoms with Crippen molar-refractivity contribution in [3.8, 4) is 0 Å². The van der Waals surface area contributed by atoms with Crippen LogP contribution in [0.2, 0.25) is 0 Å². The Balaban J connectivity index is 1.76. The first-order valence-corrected chi connectivity index (χ1v) is 8.33. The van der Waals surface area contributed by atoms with Crippen molar-refractivity contribution in [2.75, 3.05) is 19.7 Å². The number of likely N-dealkylation sites (tertiary alicyclic amines) is 1. The highest BCUT2D eigenvalue weighted by Gasteiger charge is 2.46. The first-order valence-electron chi connectivity index (χ1n) is 8.33. The van der Waals surface area contributed by atoms with E-state index >= 15 is 0 Å². The van der Waals surface area contributed by atoms with Crippen LogP contribution in [0.25, 0.3) is 0 Å². The van der Waals surface area contributed by atoms with Gasteiger partial charge in [0.1, 0.15) is 5.60 Å². The Morgan fingerprint density at radius 2 is 1.58 bits per heavy atom. The minimum atomic E-state index is -0.992. The number of benzene rings is 2. The molecule has 1 heterocycles. The lowest BCUT2D eigenvalue weighted by Gasteiger charge is -2.50. The maximum Gasteiger partial charge on any atom is 0.308 e. The molecule has 2 aromatic rings. The monoisotopic (exact) mass is 325 g/mol. The van der Waals surface area contributed by atoms with E-state index in [0.29, 0.717) is 19.7 Å². The quantitative estimate of drug-likeness (QED) is 0.830. The molecule has 1 saturated heterocycles. The summed E-state index contributed by atoms with van der Waals surface area (Å²) in [5.41, 5.74) is 1.37. The van der Waals surface area contributed by atoms with Crippen LogP contribution in [0.3, 0.4) is 0 Å². The minimum Gasteiger partial charge on any atom is -0.466 e. The molecule has 0 atom stereocenters. The van der Waals surface area contributed by atoms with Crippen LogP contribution in [-0.4, -0.2) is 41.3 Å². The Labute approximate surface area is 142 Å². The first kappa shape index (κ1) is 16.7. The minimum absolute atomic E-state index is 0.0492. The van der Waals surface area contributed by atoms with Crippen molar-refractivity contribution < 1.29 is 14.6 Å². The number of ether oxygens (including phenoxy) is 1. The second-order valence-electron chi connectivity index (χ2n) is 6.34. The number of rotatable bonds is 6. The molecule has 4 heteroatoms. The third-order valence-electron chi connectivity index (χ3n) is 4.37. The van der Waals surface area contributed by atoms with Crippen molar-refractivity contribution in [1.82, 2.24) is 4.90 Å². The molecular weight excluding hydrogens is 302 g/mol. The van der Waals surface area contributed by atoms with Crippen molar-refractivity contribution in [2.45, 2.75) is 25.0 Å². The Morgan fingerprint density at radius 1 is 1.08 bits per heavy atom. The predicted molar refractivity (Wildman–Crippen MR) is 92.5 cm³/mol. The smallest absolute Gasteiger partial charge is 0.308 e. The SMILES string of the molecule is CCOC(=O)CC1(O)CN(C(c2ccccc2)c2ccccc2)C1. The molecule has 0 saturated carbocycles. The molecule has 0 bridgehead atoms. The number of carbonyl (C=O) groups is 1. The van der Waals surface area contributed by atoms with Gasteiger partial charge in [0.15, 0.2) is 0 Å². The number of hydrogen-bond acceptors (Lipinski definition) is 4. The summed E-state index contributed by atoms with van der Waals surface area (Å²) in [6.07, 6.45) is 0.0492. The van der Waals surface area contributed by atoms with Gasteiger partial charge in [-0.05, 0) is 18.1 Å². The van der Waals surface area contributed by atoms with E-state index in [1.54, 1.807) is 6.92 Å². The topological polar surface area (TPSA) is 49.8 Å². The van der Waals surface area contributed by atoms with Crippen molar-refractivity contribution in [3.05, 3.63) is 71.8 Å². The third-order valence-corrected chi connectivity index (χ3v) is 4.37. The van der Waals surface area contributed by atoms with Crippen LogP contribution in [0, 0.1) is 0 Å². The fourth-order valence-corrected chi connectivity index (χ4v) is 3.37. The van der Waals surface area contributed by atoms with Crippen LogP contribution in [0.1, 0.15) is 30.5 Å². The molecule has 0 aliphatic carbocycles. The van der Waals surface area contributed by atoms with E-state index < -0.39 is 5.60 Å². The van der Waals surface area contributed by atoms with Gasteiger partial charge >= 0.3 is 5.97 Å². The van der Waals surface area contributed by atoms with Gasteiger partial charge in [-0.1, -0.05) is 60.7 Å². The van der Waals surface area contributed by atoms with E-state index in [1.807, 2.05) is 36.4 Å². The molecular formula is C20H23NO3. The van der Waals surface area contributed by atoms with Crippen molar-refractivity contribution in [3.63, 3.8) is 0 Å². The highest BCUT2D eigenvalue weighted by molar-refractivity contribution is 5.71. The number of nitrogens with zero attached hydrogens (tertiary/aromatic N) is 1. The summed E-state index contributed by atoms with van der Waals surface area (Å²) in [4.78, 5) is 13.9. The Hall–Kier alpha value is -2.17. The van der Waals surface area contributed by atoms with Gasteiger partial charge in [-0.3, -0.25) is 9.69 Å². The second-order valence-corrected chi connectivity index (χ2v) is 6.34. The lowest BCUT2D eigenvalue weighted by Crippen LogP contribution is -2.63. The van der Waals surface area contributed by atoms with Gasteiger partial charge in [0.2, 0.25) is 0 Å². The third kappa shape index (κ3) is 3.66. The van der Waals surface area contributed by atoms with E-state index in [4.69, 9.17) is 4.74 Å². The number of β-amino-alcohol motifs (C(OH)–C–C–N with tert-alkyl or cyclic N) is 1. The summed E-state index contributed by atoms with van der Waals surface area (Å²) in [6.45, 7) is 3.03. The van der Waals surface area contributed by atoms with E-state index in [9.17, 15) is 9.90 Å². The highest BCUT2D eigenvalue weighted by Crippen LogP contribution is 2.37. The van der Waals surface area contributed by atoms with Gasteiger partial charge in [-0.25, -0.2) is 0 Å². The van der Waals surface area contributed by atoms with Crippen LogP contribution in [0.15, 0.2) is 60.7 Å². The standard InChI is InChI=1S/C20H23NO3/c1-2-24-18(22)13-20(23)14-21(15-20)19(16-9-5-3-6-10-16)17-11-7-4-8-12-17/h3-12,19,23H,2,13-15H2,1H3. The lowest BCUT2D eigenvalue weighted by molar-refractivity contribution is -0.161. The van der Waals surface area contributed by atoms with Gasteiger partial charge in [0, 0.05) is 13.1 Å². The second kappa shape index (κ2) is 7.16. The molecule has 0 spiro atoms. The fourth-order valence-electron chi connectivity index (χ4n) is 3.37. The lowest BCUT2D eigenvalue weighted by atomic mass is 9.85. The highest BCUT2D eigenvalue weighted by atomic mass is 16.5. The van der Waals surface area contributed by atoms with E-state index in [0.717, 1.165) is 0 Å². The zero-order valence-electron chi connectivity index (χ0n) is 13.9. The summed E-state index contributed by atoms with van der Waals surface area (Å²) in [6, 6.07) is 20.6.